The lowest BCUT2D eigenvalue weighted by atomic mass is 9.93. The molecule has 0 aromatic rings. The number of nitrogens with zero attached hydrogens (tertiary/aromatic N) is 1. The monoisotopic (exact) mass is 212 g/mol. The predicted molar refractivity (Wildman–Crippen MR) is 61.8 cm³/mol. The molecule has 1 heterocycles. The first-order valence-electron chi connectivity index (χ1n) is 6.09. The third-order valence-electron chi connectivity index (χ3n) is 4.18. The maximum Gasteiger partial charge on any atom is 0.0777 e. The van der Waals surface area contributed by atoms with Gasteiger partial charge in [0.25, 0.3) is 0 Å². The highest BCUT2D eigenvalue weighted by atomic mass is 16.5. The van der Waals surface area contributed by atoms with Crippen molar-refractivity contribution in [1.29, 1.82) is 0 Å². The second-order valence-corrected chi connectivity index (χ2v) is 5.67. The molecule has 0 aromatic carbocycles. The molecule has 3 nitrogen and oxygen atoms in total. The molecule has 2 aliphatic rings. The van der Waals surface area contributed by atoms with Crippen molar-refractivity contribution in [3.8, 4) is 0 Å². The minimum atomic E-state index is 0.0723. The molecule has 3 heteroatoms. The van der Waals surface area contributed by atoms with Crippen molar-refractivity contribution >= 4 is 0 Å². The number of ether oxygens (including phenoxy) is 1. The van der Waals surface area contributed by atoms with Gasteiger partial charge in [-0.2, -0.15) is 0 Å². The van der Waals surface area contributed by atoms with Gasteiger partial charge in [0, 0.05) is 20.2 Å². The van der Waals surface area contributed by atoms with Gasteiger partial charge in [-0.25, -0.2) is 0 Å². The van der Waals surface area contributed by atoms with E-state index >= 15 is 0 Å². The lowest BCUT2D eigenvalue weighted by Gasteiger charge is -2.40. The molecule has 0 aromatic heterocycles. The van der Waals surface area contributed by atoms with E-state index in [0.29, 0.717) is 5.41 Å². The summed E-state index contributed by atoms with van der Waals surface area (Å²) >= 11 is 0. The third kappa shape index (κ3) is 2.52. The van der Waals surface area contributed by atoms with Crippen molar-refractivity contribution in [1.82, 2.24) is 4.90 Å². The smallest absolute Gasteiger partial charge is 0.0777 e. The summed E-state index contributed by atoms with van der Waals surface area (Å²) in [6.45, 7) is 6.56. The fraction of sp³-hybridized carbons (Fsp3) is 1.00. The van der Waals surface area contributed by atoms with Crippen LogP contribution in [0.5, 0.6) is 0 Å². The second-order valence-electron chi connectivity index (χ2n) is 5.67. The molecule has 2 rings (SSSR count). The molecule has 88 valence electrons. The predicted octanol–water partition coefficient (Wildman–Crippen LogP) is 1.23. The number of likely N-dealkylation sites (tertiary alicyclic amines) is 1. The van der Waals surface area contributed by atoms with E-state index in [2.05, 4.69) is 11.8 Å². The van der Waals surface area contributed by atoms with Gasteiger partial charge in [-0.1, -0.05) is 0 Å². The van der Waals surface area contributed by atoms with Gasteiger partial charge in [-0.3, -0.25) is 4.90 Å². The Hall–Kier alpha value is -0.120. The third-order valence-corrected chi connectivity index (χ3v) is 4.18. The first-order valence-corrected chi connectivity index (χ1v) is 6.09. The van der Waals surface area contributed by atoms with Crippen LogP contribution in [0, 0.1) is 5.41 Å². The van der Waals surface area contributed by atoms with Gasteiger partial charge >= 0.3 is 0 Å². The quantitative estimate of drug-likeness (QED) is 0.761. The van der Waals surface area contributed by atoms with E-state index in [9.17, 15) is 0 Å². The van der Waals surface area contributed by atoms with Crippen LogP contribution < -0.4 is 5.73 Å². The molecular formula is C12H24N2O. The molecule has 15 heavy (non-hydrogen) atoms. The summed E-state index contributed by atoms with van der Waals surface area (Å²) in [5.74, 6) is 0. The molecular weight excluding hydrogens is 188 g/mol. The van der Waals surface area contributed by atoms with Crippen LogP contribution in [0.15, 0.2) is 0 Å². The highest BCUT2D eigenvalue weighted by molar-refractivity contribution is 4.98. The van der Waals surface area contributed by atoms with E-state index in [4.69, 9.17) is 10.5 Å². The number of hydrogen-bond donors (Lipinski definition) is 1. The zero-order valence-electron chi connectivity index (χ0n) is 10.1. The first-order chi connectivity index (χ1) is 7.11. The van der Waals surface area contributed by atoms with Crippen molar-refractivity contribution in [2.75, 3.05) is 33.3 Å². The maximum atomic E-state index is 5.83. The molecule has 2 N–H and O–H groups in total. The van der Waals surface area contributed by atoms with Crippen LogP contribution in [0.4, 0.5) is 0 Å². The minimum Gasteiger partial charge on any atom is -0.377 e. The fourth-order valence-electron chi connectivity index (χ4n) is 2.69. The van der Waals surface area contributed by atoms with E-state index in [0.717, 1.165) is 13.1 Å². The summed E-state index contributed by atoms with van der Waals surface area (Å²) in [5.41, 5.74) is 6.36. The fourth-order valence-corrected chi connectivity index (χ4v) is 2.69. The molecule has 1 saturated heterocycles. The van der Waals surface area contributed by atoms with Gasteiger partial charge in [-0.15, -0.1) is 0 Å². The zero-order chi connectivity index (χ0) is 10.9. The lowest BCUT2D eigenvalue weighted by molar-refractivity contribution is -0.0543. The Morgan fingerprint density at radius 3 is 2.60 bits per heavy atom. The molecule has 1 aliphatic carbocycles. The van der Waals surface area contributed by atoms with Crippen molar-refractivity contribution in [3.05, 3.63) is 0 Å². The van der Waals surface area contributed by atoms with Crippen molar-refractivity contribution < 1.29 is 4.74 Å². The number of hydrogen-bond acceptors (Lipinski definition) is 3. The van der Waals surface area contributed by atoms with E-state index in [-0.39, 0.29) is 5.60 Å². The van der Waals surface area contributed by atoms with Crippen LogP contribution in [-0.4, -0.2) is 43.8 Å². The highest BCUT2D eigenvalue weighted by Gasteiger charge is 2.44. The SMILES string of the molecule is COC1(C)CCCN(CC2(CN)CC2)C1. The normalized spacial score (nSPS) is 35.4. The Bertz CT molecular complexity index is 226. The van der Waals surface area contributed by atoms with Crippen LogP contribution >= 0.6 is 0 Å². The summed E-state index contributed by atoms with van der Waals surface area (Å²) in [7, 11) is 1.83. The van der Waals surface area contributed by atoms with Crippen molar-refractivity contribution in [3.63, 3.8) is 0 Å². The standard InChI is InChI=1S/C12H24N2O/c1-11(15-2)4-3-7-14(9-11)10-12(8-13)5-6-12/h3-10,13H2,1-2H3. The maximum absolute atomic E-state index is 5.83. The number of methoxy groups -OCH3 is 1. The minimum absolute atomic E-state index is 0.0723. The van der Waals surface area contributed by atoms with Gasteiger partial charge in [0.2, 0.25) is 0 Å². The molecule has 0 amide bonds. The molecule has 0 radical (unpaired) electrons. The summed E-state index contributed by atoms with van der Waals surface area (Å²) in [6, 6.07) is 0. The zero-order valence-corrected chi connectivity index (χ0v) is 10.1. The van der Waals surface area contributed by atoms with Crippen LogP contribution in [0.3, 0.4) is 0 Å². The number of rotatable bonds is 4. The van der Waals surface area contributed by atoms with E-state index in [1.165, 1.54) is 38.8 Å². The molecule has 0 bridgehead atoms. The van der Waals surface area contributed by atoms with Crippen LogP contribution in [0.2, 0.25) is 0 Å². The number of nitrogens with two attached hydrogens (primary N) is 1. The molecule has 1 unspecified atom stereocenters. The first kappa shape index (κ1) is 11.4. The van der Waals surface area contributed by atoms with E-state index in [1.54, 1.807) is 0 Å². The summed E-state index contributed by atoms with van der Waals surface area (Å²) in [6.07, 6.45) is 5.09. The molecule has 1 saturated carbocycles. The lowest BCUT2D eigenvalue weighted by Crippen LogP contribution is -2.49. The Kier molecular flexibility index (Phi) is 3.06. The van der Waals surface area contributed by atoms with Crippen molar-refractivity contribution in [2.45, 2.75) is 38.2 Å². The van der Waals surface area contributed by atoms with Crippen molar-refractivity contribution in [2.24, 2.45) is 11.1 Å². The summed E-state index contributed by atoms with van der Waals surface area (Å²) < 4.78 is 5.60. The van der Waals surface area contributed by atoms with E-state index in [1.807, 2.05) is 7.11 Å². The molecule has 1 aliphatic heterocycles. The van der Waals surface area contributed by atoms with Gasteiger partial charge in [0.05, 0.1) is 5.60 Å². The van der Waals surface area contributed by atoms with Gasteiger partial charge < -0.3 is 10.5 Å². The second kappa shape index (κ2) is 4.04. The summed E-state index contributed by atoms with van der Waals surface area (Å²) in [5, 5.41) is 0. The number of piperidine rings is 1. The average molecular weight is 212 g/mol. The van der Waals surface area contributed by atoms with Gasteiger partial charge in [-0.05, 0) is 51.1 Å². The average Bonchev–Trinajstić information content (AvgIpc) is 2.99. The Labute approximate surface area is 93.0 Å². The van der Waals surface area contributed by atoms with Gasteiger partial charge in [0.15, 0.2) is 0 Å². The molecule has 1 atom stereocenters. The Balaban J connectivity index is 1.88. The Morgan fingerprint density at radius 1 is 1.33 bits per heavy atom. The largest absolute Gasteiger partial charge is 0.377 e. The van der Waals surface area contributed by atoms with E-state index < -0.39 is 0 Å². The molecule has 2 fully saturated rings. The molecule has 0 spiro atoms. The Morgan fingerprint density at radius 2 is 2.07 bits per heavy atom. The highest BCUT2D eigenvalue weighted by Crippen LogP contribution is 2.45. The summed E-state index contributed by atoms with van der Waals surface area (Å²) in [4.78, 5) is 2.55. The van der Waals surface area contributed by atoms with Gasteiger partial charge in [0.1, 0.15) is 0 Å². The van der Waals surface area contributed by atoms with Crippen LogP contribution in [0.25, 0.3) is 0 Å². The topological polar surface area (TPSA) is 38.5 Å². The van der Waals surface area contributed by atoms with Crippen LogP contribution in [0.1, 0.15) is 32.6 Å². The van der Waals surface area contributed by atoms with Crippen LogP contribution in [-0.2, 0) is 4.74 Å².